The first kappa shape index (κ1) is 16.2. The number of fused-ring (bicyclic) bond motifs is 4. The second kappa shape index (κ2) is 6.24. The van der Waals surface area contributed by atoms with Crippen molar-refractivity contribution < 1.29 is 9.53 Å². The number of amides is 1. The Labute approximate surface area is 145 Å². The second-order valence-electron chi connectivity index (χ2n) is 7.10. The van der Waals surface area contributed by atoms with Crippen molar-refractivity contribution in [3.05, 3.63) is 40.4 Å². The lowest BCUT2D eigenvalue weighted by atomic mass is 10.1. The lowest BCUT2D eigenvalue weighted by Gasteiger charge is -2.29. The summed E-state index contributed by atoms with van der Waals surface area (Å²) in [5, 5.41) is 0.530. The number of ether oxygens (including phenoxy) is 1. The molecule has 1 aromatic heterocycles. The Bertz CT molecular complexity index is 878. The predicted molar refractivity (Wildman–Crippen MR) is 93.6 cm³/mol. The summed E-state index contributed by atoms with van der Waals surface area (Å²) in [6.07, 6.45) is 1.49. The normalized spacial score (nSPS) is 24.3. The third-order valence-electron chi connectivity index (χ3n) is 5.20. The molecule has 2 aromatic rings. The molecule has 0 spiro atoms. The van der Waals surface area contributed by atoms with E-state index in [2.05, 4.69) is 16.9 Å². The lowest BCUT2D eigenvalue weighted by Crippen LogP contribution is -2.44. The van der Waals surface area contributed by atoms with E-state index in [-0.39, 0.29) is 17.5 Å². The second-order valence-corrected chi connectivity index (χ2v) is 7.10. The number of nitrogens with zero attached hydrogens (tertiary/aromatic N) is 4. The summed E-state index contributed by atoms with van der Waals surface area (Å²) in [4.78, 5) is 33.7. The maximum absolute atomic E-state index is 13.0. The maximum Gasteiger partial charge on any atom is 0.260 e. The van der Waals surface area contributed by atoms with Crippen LogP contribution in [0.5, 0.6) is 0 Å². The zero-order valence-electron chi connectivity index (χ0n) is 14.5. The van der Waals surface area contributed by atoms with Gasteiger partial charge in [0.15, 0.2) is 0 Å². The highest BCUT2D eigenvalue weighted by Gasteiger charge is 2.33. The highest BCUT2D eigenvalue weighted by atomic mass is 16.5. The summed E-state index contributed by atoms with van der Waals surface area (Å²) < 4.78 is 7.16. The molecule has 0 aliphatic carbocycles. The van der Waals surface area contributed by atoms with Crippen LogP contribution in [0.2, 0.25) is 0 Å². The smallest absolute Gasteiger partial charge is 0.260 e. The molecule has 132 valence electrons. The van der Waals surface area contributed by atoms with Crippen molar-refractivity contribution in [1.29, 1.82) is 0 Å². The van der Waals surface area contributed by atoms with E-state index in [1.54, 1.807) is 25.2 Å². The Kier molecular flexibility index (Phi) is 4.05. The molecule has 2 fully saturated rings. The fourth-order valence-corrected chi connectivity index (χ4v) is 3.74. The molecule has 0 saturated carbocycles. The number of hydrogen-bond acceptors (Lipinski definition) is 5. The molecule has 0 unspecified atom stereocenters. The van der Waals surface area contributed by atoms with Crippen LogP contribution in [0.1, 0.15) is 10.4 Å². The molecule has 1 aromatic carbocycles. The van der Waals surface area contributed by atoms with E-state index in [0.717, 1.165) is 6.54 Å². The summed E-state index contributed by atoms with van der Waals surface area (Å²) in [5.74, 6) is 0.323. The van der Waals surface area contributed by atoms with Gasteiger partial charge in [-0.2, -0.15) is 0 Å². The maximum atomic E-state index is 13.0. The van der Waals surface area contributed by atoms with Gasteiger partial charge in [0.2, 0.25) is 0 Å². The summed E-state index contributed by atoms with van der Waals surface area (Å²) in [7, 11) is 3.76. The molecule has 2 saturated heterocycles. The van der Waals surface area contributed by atoms with Crippen molar-refractivity contribution in [1.82, 2.24) is 19.4 Å². The minimum atomic E-state index is -0.105. The fourth-order valence-electron chi connectivity index (χ4n) is 3.74. The van der Waals surface area contributed by atoms with E-state index in [1.807, 2.05) is 4.90 Å². The number of aromatic nitrogens is 2. The quantitative estimate of drug-likeness (QED) is 0.747. The van der Waals surface area contributed by atoms with Crippen LogP contribution in [0.4, 0.5) is 0 Å². The van der Waals surface area contributed by atoms with Gasteiger partial charge in [0, 0.05) is 38.2 Å². The zero-order chi connectivity index (χ0) is 17.6. The molecule has 4 rings (SSSR count). The van der Waals surface area contributed by atoms with Crippen LogP contribution in [0, 0.1) is 5.92 Å². The van der Waals surface area contributed by atoms with Crippen molar-refractivity contribution in [2.45, 2.75) is 6.04 Å². The molecule has 25 heavy (non-hydrogen) atoms. The van der Waals surface area contributed by atoms with Crippen LogP contribution in [0.25, 0.3) is 10.9 Å². The Morgan fingerprint density at radius 3 is 2.88 bits per heavy atom. The molecular formula is C18H22N4O3. The number of hydrogen-bond donors (Lipinski definition) is 0. The highest BCUT2D eigenvalue weighted by Crippen LogP contribution is 2.21. The van der Waals surface area contributed by atoms with E-state index in [1.165, 1.54) is 10.9 Å². The molecule has 7 nitrogen and oxygen atoms in total. The molecule has 0 radical (unpaired) electrons. The number of rotatable bonds is 1. The fraction of sp³-hybridized carbons (Fsp3) is 0.500. The Hall–Kier alpha value is -2.25. The number of benzene rings is 1. The third-order valence-corrected chi connectivity index (χ3v) is 5.20. The number of aryl methyl sites for hydroxylation is 1. The minimum absolute atomic E-state index is 0.00317. The highest BCUT2D eigenvalue weighted by molar-refractivity contribution is 5.97. The summed E-state index contributed by atoms with van der Waals surface area (Å²) in [5.41, 5.74) is 1.04. The van der Waals surface area contributed by atoms with Crippen molar-refractivity contribution in [3.63, 3.8) is 0 Å². The van der Waals surface area contributed by atoms with Gasteiger partial charge in [-0.15, -0.1) is 0 Å². The van der Waals surface area contributed by atoms with Crippen LogP contribution < -0.4 is 5.56 Å². The Morgan fingerprint density at radius 1 is 1.20 bits per heavy atom. The molecule has 1 amide bonds. The first-order chi connectivity index (χ1) is 12.0. The summed E-state index contributed by atoms with van der Waals surface area (Å²) in [6.45, 7) is 3.66. The van der Waals surface area contributed by atoms with E-state index in [9.17, 15) is 9.59 Å². The lowest BCUT2D eigenvalue weighted by molar-refractivity contribution is 0.0434. The Balaban J connectivity index is 1.65. The van der Waals surface area contributed by atoms with Crippen LogP contribution in [0.3, 0.4) is 0 Å². The molecule has 2 aliphatic rings. The van der Waals surface area contributed by atoms with Crippen molar-refractivity contribution in [3.8, 4) is 0 Å². The number of carbonyl (C=O) groups excluding carboxylic acids is 1. The van der Waals surface area contributed by atoms with Gasteiger partial charge >= 0.3 is 0 Å². The standard InChI is InChI=1S/C18H22N4O3/c1-20-6-12-7-22(8-14(20)10-25-9-12)17(23)13-3-4-15-16(5-13)19-11-21(2)18(15)24/h3-5,11-12,14H,6-10H2,1-2H3/t12-,14+/m1/s1. The van der Waals surface area contributed by atoms with E-state index in [4.69, 9.17) is 4.74 Å². The summed E-state index contributed by atoms with van der Waals surface area (Å²) in [6, 6.07) is 5.38. The van der Waals surface area contributed by atoms with Gasteiger partial charge in [-0.1, -0.05) is 0 Å². The van der Waals surface area contributed by atoms with Crippen molar-refractivity contribution in [2.75, 3.05) is 39.9 Å². The molecule has 2 aliphatic heterocycles. The number of carbonyl (C=O) groups is 1. The Morgan fingerprint density at radius 2 is 2.04 bits per heavy atom. The van der Waals surface area contributed by atoms with Gasteiger partial charge in [0.25, 0.3) is 11.5 Å². The first-order valence-electron chi connectivity index (χ1n) is 8.55. The monoisotopic (exact) mass is 342 g/mol. The third kappa shape index (κ3) is 2.94. The average molecular weight is 342 g/mol. The SMILES string of the molecule is CN1C[C@H]2COC[C@@H]1CN(C(=O)c1ccc3c(=O)n(C)cnc3c1)C2. The summed E-state index contributed by atoms with van der Waals surface area (Å²) >= 11 is 0. The average Bonchev–Trinajstić information content (AvgIpc) is 2.86. The van der Waals surface area contributed by atoms with Crippen LogP contribution in [-0.2, 0) is 11.8 Å². The van der Waals surface area contributed by atoms with E-state index < -0.39 is 0 Å². The molecule has 0 N–H and O–H groups in total. The van der Waals surface area contributed by atoms with E-state index >= 15 is 0 Å². The number of likely N-dealkylation sites (N-methyl/N-ethyl adjacent to an activating group) is 1. The van der Waals surface area contributed by atoms with Crippen LogP contribution in [-0.4, -0.2) is 71.2 Å². The van der Waals surface area contributed by atoms with Gasteiger partial charge in [-0.05, 0) is 25.2 Å². The van der Waals surface area contributed by atoms with Crippen molar-refractivity contribution >= 4 is 16.8 Å². The van der Waals surface area contributed by atoms with Gasteiger partial charge in [0.05, 0.1) is 36.5 Å². The van der Waals surface area contributed by atoms with Gasteiger partial charge in [-0.3, -0.25) is 14.5 Å². The van der Waals surface area contributed by atoms with Crippen molar-refractivity contribution in [2.24, 2.45) is 13.0 Å². The van der Waals surface area contributed by atoms with Gasteiger partial charge in [0.1, 0.15) is 0 Å². The molecular weight excluding hydrogens is 320 g/mol. The molecule has 7 heteroatoms. The van der Waals surface area contributed by atoms with E-state index in [0.29, 0.717) is 48.7 Å². The van der Waals surface area contributed by atoms with Crippen LogP contribution in [0.15, 0.2) is 29.3 Å². The topological polar surface area (TPSA) is 67.7 Å². The van der Waals surface area contributed by atoms with Gasteiger partial charge < -0.3 is 14.2 Å². The van der Waals surface area contributed by atoms with Crippen LogP contribution >= 0.6 is 0 Å². The first-order valence-corrected chi connectivity index (χ1v) is 8.55. The van der Waals surface area contributed by atoms with Gasteiger partial charge in [-0.25, -0.2) is 4.98 Å². The molecule has 3 heterocycles. The largest absolute Gasteiger partial charge is 0.379 e. The minimum Gasteiger partial charge on any atom is -0.379 e. The molecule has 2 atom stereocenters. The zero-order valence-corrected chi connectivity index (χ0v) is 14.5. The molecule has 2 bridgehead atoms. The predicted octanol–water partition coefficient (Wildman–Crippen LogP) is 0.336.